The number of rotatable bonds is 2. The molecule has 1 fully saturated rings. The number of H-pyrrole nitrogens is 1. The van der Waals surface area contributed by atoms with Gasteiger partial charge < -0.3 is 15.2 Å². The molecular formula is C16H21N3O. The molecule has 1 aliphatic rings. The SMILES string of the molecule is CC1(C)CNCCN1C(=O)Cc1c[nH]c2ccccc12. The van der Waals surface area contributed by atoms with Crippen LogP contribution < -0.4 is 5.32 Å². The zero-order valence-corrected chi connectivity index (χ0v) is 12.1. The number of carbonyl (C=O) groups excluding carboxylic acids is 1. The molecule has 0 aliphatic carbocycles. The second-order valence-electron chi connectivity index (χ2n) is 6.07. The molecule has 2 aromatic rings. The number of hydrogen-bond donors (Lipinski definition) is 2. The van der Waals surface area contributed by atoms with Gasteiger partial charge in [-0.1, -0.05) is 18.2 Å². The van der Waals surface area contributed by atoms with Crippen molar-refractivity contribution < 1.29 is 4.79 Å². The molecule has 2 N–H and O–H groups in total. The van der Waals surface area contributed by atoms with Crippen LogP contribution in [0.2, 0.25) is 0 Å². The molecule has 0 bridgehead atoms. The summed E-state index contributed by atoms with van der Waals surface area (Å²) in [4.78, 5) is 17.8. The molecule has 4 heteroatoms. The van der Waals surface area contributed by atoms with Crippen LogP contribution in [0.25, 0.3) is 10.9 Å². The van der Waals surface area contributed by atoms with Crippen LogP contribution >= 0.6 is 0 Å². The average Bonchev–Trinajstić information content (AvgIpc) is 2.81. The van der Waals surface area contributed by atoms with Crippen LogP contribution in [-0.4, -0.2) is 41.0 Å². The molecule has 0 radical (unpaired) electrons. The van der Waals surface area contributed by atoms with Crippen molar-refractivity contribution in [3.63, 3.8) is 0 Å². The van der Waals surface area contributed by atoms with E-state index in [1.54, 1.807) is 0 Å². The normalized spacial score (nSPS) is 18.4. The number of carbonyl (C=O) groups is 1. The first-order valence-corrected chi connectivity index (χ1v) is 7.14. The molecule has 1 saturated heterocycles. The van der Waals surface area contributed by atoms with Gasteiger partial charge in [0.2, 0.25) is 5.91 Å². The van der Waals surface area contributed by atoms with E-state index in [-0.39, 0.29) is 11.4 Å². The number of aromatic nitrogens is 1. The van der Waals surface area contributed by atoms with Crippen molar-refractivity contribution in [1.82, 2.24) is 15.2 Å². The molecule has 4 nitrogen and oxygen atoms in total. The number of nitrogens with one attached hydrogen (secondary N) is 2. The zero-order chi connectivity index (χ0) is 14.2. The van der Waals surface area contributed by atoms with Gasteiger partial charge in [0, 0.05) is 42.3 Å². The Bertz CT molecular complexity index is 629. The quantitative estimate of drug-likeness (QED) is 0.876. The van der Waals surface area contributed by atoms with E-state index in [1.807, 2.05) is 29.3 Å². The third kappa shape index (κ3) is 2.31. The molecule has 1 aliphatic heterocycles. The van der Waals surface area contributed by atoms with Crippen molar-refractivity contribution in [2.45, 2.75) is 25.8 Å². The van der Waals surface area contributed by atoms with E-state index in [1.165, 1.54) is 0 Å². The fourth-order valence-corrected chi connectivity index (χ4v) is 2.98. The Labute approximate surface area is 119 Å². The fourth-order valence-electron chi connectivity index (χ4n) is 2.98. The van der Waals surface area contributed by atoms with E-state index in [9.17, 15) is 4.79 Å². The Kier molecular flexibility index (Phi) is 3.26. The summed E-state index contributed by atoms with van der Waals surface area (Å²) in [6, 6.07) is 8.12. The van der Waals surface area contributed by atoms with Crippen LogP contribution in [0.4, 0.5) is 0 Å². The summed E-state index contributed by atoms with van der Waals surface area (Å²) in [6.07, 6.45) is 2.42. The highest BCUT2D eigenvalue weighted by molar-refractivity contribution is 5.89. The smallest absolute Gasteiger partial charge is 0.227 e. The molecular weight excluding hydrogens is 250 g/mol. The van der Waals surface area contributed by atoms with Gasteiger partial charge in [-0.05, 0) is 25.5 Å². The van der Waals surface area contributed by atoms with Gasteiger partial charge in [-0.25, -0.2) is 0 Å². The van der Waals surface area contributed by atoms with Crippen molar-refractivity contribution in [2.24, 2.45) is 0 Å². The lowest BCUT2D eigenvalue weighted by atomic mass is 9.98. The van der Waals surface area contributed by atoms with E-state index in [0.717, 1.165) is 36.1 Å². The van der Waals surface area contributed by atoms with E-state index in [0.29, 0.717) is 6.42 Å². The van der Waals surface area contributed by atoms with Gasteiger partial charge in [0.1, 0.15) is 0 Å². The summed E-state index contributed by atoms with van der Waals surface area (Å²) >= 11 is 0. The Hall–Kier alpha value is -1.81. The van der Waals surface area contributed by atoms with Gasteiger partial charge in [0.05, 0.1) is 6.42 Å². The average molecular weight is 271 g/mol. The third-order valence-electron chi connectivity index (χ3n) is 4.12. The van der Waals surface area contributed by atoms with Crippen LogP contribution in [0, 0.1) is 0 Å². The molecule has 0 unspecified atom stereocenters. The van der Waals surface area contributed by atoms with E-state index in [2.05, 4.69) is 30.2 Å². The number of nitrogens with zero attached hydrogens (tertiary/aromatic N) is 1. The lowest BCUT2D eigenvalue weighted by molar-refractivity contribution is -0.136. The molecule has 20 heavy (non-hydrogen) atoms. The first kappa shape index (κ1) is 13.2. The zero-order valence-electron chi connectivity index (χ0n) is 12.1. The fraction of sp³-hybridized carbons (Fsp3) is 0.438. The molecule has 1 aromatic heterocycles. The topological polar surface area (TPSA) is 48.1 Å². The molecule has 0 spiro atoms. The summed E-state index contributed by atoms with van der Waals surface area (Å²) in [6.45, 7) is 6.75. The van der Waals surface area contributed by atoms with Gasteiger partial charge in [0.25, 0.3) is 0 Å². The Balaban J connectivity index is 1.82. The standard InChI is InChI=1S/C16H21N3O/c1-16(2)11-17-7-8-19(16)15(20)9-12-10-18-14-6-4-3-5-13(12)14/h3-6,10,17-18H,7-9,11H2,1-2H3. The summed E-state index contributed by atoms with van der Waals surface area (Å²) in [7, 11) is 0. The first-order chi connectivity index (χ1) is 9.58. The lowest BCUT2D eigenvalue weighted by Gasteiger charge is -2.43. The summed E-state index contributed by atoms with van der Waals surface area (Å²) < 4.78 is 0. The summed E-state index contributed by atoms with van der Waals surface area (Å²) in [5, 5.41) is 4.50. The molecule has 106 valence electrons. The number of fused-ring (bicyclic) bond motifs is 1. The van der Waals surface area contributed by atoms with Crippen molar-refractivity contribution in [1.29, 1.82) is 0 Å². The van der Waals surface area contributed by atoms with Crippen LogP contribution in [0.3, 0.4) is 0 Å². The Morgan fingerprint density at radius 1 is 1.35 bits per heavy atom. The van der Waals surface area contributed by atoms with E-state index in [4.69, 9.17) is 0 Å². The van der Waals surface area contributed by atoms with Crippen molar-refractivity contribution in [3.05, 3.63) is 36.0 Å². The minimum atomic E-state index is -0.110. The highest BCUT2D eigenvalue weighted by Gasteiger charge is 2.33. The van der Waals surface area contributed by atoms with Crippen LogP contribution in [0.1, 0.15) is 19.4 Å². The molecule has 1 aromatic carbocycles. The number of aromatic amines is 1. The van der Waals surface area contributed by atoms with Gasteiger partial charge in [-0.15, -0.1) is 0 Å². The Morgan fingerprint density at radius 3 is 2.95 bits per heavy atom. The molecule has 0 atom stereocenters. The van der Waals surface area contributed by atoms with Crippen molar-refractivity contribution in [2.75, 3.05) is 19.6 Å². The Morgan fingerprint density at radius 2 is 2.15 bits per heavy atom. The molecule has 0 saturated carbocycles. The maximum Gasteiger partial charge on any atom is 0.227 e. The highest BCUT2D eigenvalue weighted by atomic mass is 16.2. The first-order valence-electron chi connectivity index (χ1n) is 7.14. The largest absolute Gasteiger partial charge is 0.361 e. The third-order valence-corrected chi connectivity index (χ3v) is 4.12. The summed E-state index contributed by atoms with van der Waals surface area (Å²) in [5.41, 5.74) is 2.07. The van der Waals surface area contributed by atoms with Gasteiger partial charge in [-0.3, -0.25) is 4.79 Å². The van der Waals surface area contributed by atoms with Gasteiger partial charge >= 0.3 is 0 Å². The predicted octanol–water partition coefficient (Wildman–Crippen LogP) is 1.92. The molecule has 2 heterocycles. The number of hydrogen-bond acceptors (Lipinski definition) is 2. The predicted molar refractivity (Wildman–Crippen MR) is 80.7 cm³/mol. The molecule has 3 rings (SSSR count). The van der Waals surface area contributed by atoms with Crippen molar-refractivity contribution in [3.8, 4) is 0 Å². The van der Waals surface area contributed by atoms with Crippen molar-refractivity contribution >= 4 is 16.8 Å². The monoisotopic (exact) mass is 271 g/mol. The maximum absolute atomic E-state index is 12.6. The number of benzene rings is 1. The number of piperazine rings is 1. The van der Waals surface area contributed by atoms with E-state index < -0.39 is 0 Å². The van der Waals surface area contributed by atoms with Crippen LogP contribution in [-0.2, 0) is 11.2 Å². The maximum atomic E-state index is 12.6. The van der Waals surface area contributed by atoms with E-state index >= 15 is 0 Å². The summed E-state index contributed by atoms with van der Waals surface area (Å²) in [5.74, 6) is 0.209. The molecule has 1 amide bonds. The second kappa shape index (κ2) is 4.94. The van der Waals surface area contributed by atoms with Gasteiger partial charge in [-0.2, -0.15) is 0 Å². The van der Waals surface area contributed by atoms with Gasteiger partial charge in [0.15, 0.2) is 0 Å². The second-order valence-corrected chi connectivity index (χ2v) is 6.07. The number of amides is 1. The minimum absolute atomic E-state index is 0.110. The van der Waals surface area contributed by atoms with Crippen LogP contribution in [0.15, 0.2) is 30.5 Å². The highest BCUT2D eigenvalue weighted by Crippen LogP contribution is 2.22. The minimum Gasteiger partial charge on any atom is -0.361 e. The van der Waals surface area contributed by atoms with Crippen LogP contribution in [0.5, 0.6) is 0 Å². The number of para-hydroxylation sites is 1. The lowest BCUT2D eigenvalue weighted by Crippen LogP contribution is -2.60.